The molecule has 1 aromatic rings. The molecule has 0 saturated carbocycles. The average Bonchev–Trinajstić information content (AvgIpc) is 2.51. The minimum Gasteiger partial charge on any atom is -0.479 e. The average molecular weight is 230 g/mol. The minimum atomic E-state index is -1.43. The Balaban J connectivity index is 3.05. The number of hydrogen-bond donors (Lipinski definition) is 1. The van der Waals surface area contributed by atoms with Crippen molar-refractivity contribution in [2.75, 3.05) is 0 Å². The smallest absolute Gasteiger partial charge is 0.342 e. The topological polar surface area (TPSA) is 72.3 Å². The highest BCUT2D eigenvalue weighted by atomic mass is 32.1. The van der Waals surface area contributed by atoms with E-state index in [-0.39, 0.29) is 0 Å². The van der Waals surface area contributed by atoms with E-state index in [4.69, 9.17) is 4.74 Å². The summed E-state index contributed by atoms with van der Waals surface area (Å²) in [7, 11) is 0. The molecular formula is C9H14N2O3S. The summed E-state index contributed by atoms with van der Waals surface area (Å²) in [6.07, 6.45) is 1.33. The maximum atomic E-state index is 11.2. The molecule has 15 heavy (non-hydrogen) atoms. The summed E-state index contributed by atoms with van der Waals surface area (Å²) < 4.78 is 9.33. The van der Waals surface area contributed by atoms with Crippen LogP contribution < -0.4 is 0 Å². The first-order valence-corrected chi connectivity index (χ1v) is 5.24. The van der Waals surface area contributed by atoms with E-state index >= 15 is 0 Å². The molecule has 0 aliphatic heterocycles. The Morgan fingerprint density at radius 1 is 1.47 bits per heavy atom. The molecule has 1 N–H and O–H groups in total. The van der Waals surface area contributed by atoms with Crippen molar-refractivity contribution in [2.45, 2.75) is 38.9 Å². The van der Waals surface area contributed by atoms with Crippen molar-refractivity contribution in [1.29, 1.82) is 0 Å². The minimum absolute atomic E-state index is 0.352. The quantitative estimate of drug-likeness (QED) is 0.854. The van der Waals surface area contributed by atoms with E-state index in [1.165, 1.54) is 13.3 Å². The lowest BCUT2D eigenvalue weighted by Gasteiger charge is -2.31. The second-order valence-electron chi connectivity index (χ2n) is 4.30. The molecule has 0 saturated heterocycles. The predicted molar refractivity (Wildman–Crippen MR) is 55.7 cm³/mol. The fraction of sp³-hybridized carbons (Fsp3) is 0.667. The second-order valence-corrected chi connectivity index (χ2v) is 5.08. The number of aromatic nitrogens is 2. The number of carboxylic acid groups (broad SMARTS) is 1. The summed E-state index contributed by atoms with van der Waals surface area (Å²) in [5, 5.41) is 9.53. The van der Waals surface area contributed by atoms with Gasteiger partial charge in [0.05, 0.1) is 5.60 Å². The van der Waals surface area contributed by atoms with Crippen LogP contribution in [-0.4, -0.2) is 26.0 Å². The van der Waals surface area contributed by atoms with E-state index in [1.807, 2.05) is 0 Å². The number of nitrogens with zero attached hydrogens (tertiary/aromatic N) is 2. The lowest BCUT2D eigenvalue weighted by molar-refractivity contribution is -0.183. The van der Waals surface area contributed by atoms with Gasteiger partial charge in [0.15, 0.2) is 5.01 Å². The molecule has 0 radical (unpaired) electrons. The highest BCUT2D eigenvalue weighted by molar-refractivity contribution is 7.05. The molecular weight excluding hydrogens is 216 g/mol. The molecule has 0 spiro atoms. The summed E-state index contributed by atoms with van der Waals surface area (Å²) in [6.45, 7) is 6.89. The maximum Gasteiger partial charge on any atom is 0.342 e. The first kappa shape index (κ1) is 12.1. The van der Waals surface area contributed by atoms with Gasteiger partial charge in [0.25, 0.3) is 0 Å². The highest BCUT2D eigenvalue weighted by Crippen LogP contribution is 2.31. The van der Waals surface area contributed by atoms with Crippen molar-refractivity contribution >= 4 is 17.5 Å². The lowest BCUT2D eigenvalue weighted by atomic mass is 10.1. The Hall–Kier alpha value is -1.01. The van der Waals surface area contributed by atoms with Gasteiger partial charge in [-0.3, -0.25) is 0 Å². The van der Waals surface area contributed by atoms with Crippen molar-refractivity contribution < 1.29 is 14.6 Å². The van der Waals surface area contributed by atoms with Gasteiger partial charge in [0.1, 0.15) is 6.33 Å². The zero-order valence-corrected chi connectivity index (χ0v) is 9.96. The van der Waals surface area contributed by atoms with Crippen LogP contribution in [0.25, 0.3) is 0 Å². The molecule has 1 atom stereocenters. The Kier molecular flexibility index (Phi) is 3.11. The van der Waals surface area contributed by atoms with Crippen LogP contribution in [-0.2, 0) is 15.1 Å². The van der Waals surface area contributed by atoms with Gasteiger partial charge >= 0.3 is 5.97 Å². The molecule has 1 aromatic heterocycles. The summed E-state index contributed by atoms with van der Waals surface area (Å²) in [5.74, 6) is -1.06. The van der Waals surface area contributed by atoms with Crippen LogP contribution in [0.5, 0.6) is 0 Å². The van der Waals surface area contributed by atoms with Crippen LogP contribution in [0.3, 0.4) is 0 Å². The predicted octanol–water partition coefficient (Wildman–Crippen LogP) is 1.65. The van der Waals surface area contributed by atoms with E-state index in [9.17, 15) is 9.90 Å². The van der Waals surface area contributed by atoms with Gasteiger partial charge in [-0.05, 0) is 39.2 Å². The third-order valence-electron chi connectivity index (χ3n) is 1.69. The van der Waals surface area contributed by atoms with Crippen molar-refractivity contribution in [1.82, 2.24) is 9.36 Å². The zero-order chi connectivity index (χ0) is 11.7. The highest BCUT2D eigenvalue weighted by Gasteiger charge is 2.42. The Bertz CT molecular complexity index is 345. The third kappa shape index (κ3) is 2.73. The van der Waals surface area contributed by atoms with Gasteiger partial charge in [-0.15, -0.1) is 0 Å². The number of ether oxygens (including phenoxy) is 1. The fourth-order valence-corrected chi connectivity index (χ4v) is 1.77. The van der Waals surface area contributed by atoms with Gasteiger partial charge < -0.3 is 9.84 Å². The zero-order valence-electron chi connectivity index (χ0n) is 9.14. The number of carbonyl (C=O) groups is 1. The van der Waals surface area contributed by atoms with Crippen LogP contribution in [0.2, 0.25) is 0 Å². The van der Waals surface area contributed by atoms with Gasteiger partial charge in [-0.2, -0.15) is 4.37 Å². The van der Waals surface area contributed by atoms with Gasteiger partial charge in [-0.1, -0.05) is 0 Å². The van der Waals surface area contributed by atoms with Crippen molar-refractivity contribution in [3.63, 3.8) is 0 Å². The van der Waals surface area contributed by atoms with Crippen LogP contribution in [0.4, 0.5) is 0 Å². The van der Waals surface area contributed by atoms with Crippen molar-refractivity contribution in [3.8, 4) is 0 Å². The lowest BCUT2D eigenvalue weighted by Crippen LogP contribution is -2.41. The molecule has 0 amide bonds. The summed E-state index contributed by atoms with van der Waals surface area (Å²) in [5.41, 5.74) is -1.99. The molecule has 0 aromatic carbocycles. The first-order chi connectivity index (χ1) is 6.76. The number of rotatable bonds is 3. The maximum absolute atomic E-state index is 11.2. The fourth-order valence-electron chi connectivity index (χ4n) is 1.17. The summed E-state index contributed by atoms with van der Waals surface area (Å²) >= 11 is 1.03. The molecule has 0 bridgehead atoms. The largest absolute Gasteiger partial charge is 0.479 e. The molecule has 1 unspecified atom stereocenters. The summed E-state index contributed by atoms with van der Waals surface area (Å²) in [6, 6.07) is 0. The Labute approximate surface area is 92.3 Å². The van der Waals surface area contributed by atoms with Gasteiger partial charge in [0.2, 0.25) is 5.60 Å². The normalized spacial score (nSPS) is 16.0. The Morgan fingerprint density at radius 2 is 2.07 bits per heavy atom. The molecule has 6 heteroatoms. The molecule has 0 fully saturated rings. The molecule has 0 aliphatic rings. The molecule has 5 nitrogen and oxygen atoms in total. The van der Waals surface area contributed by atoms with Crippen LogP contribution in [0, 0.1) is 0 Å². The monoisotopic (exact) mass is 230 g/mol. The number of aliphatic carboxylic acids is 1. The van der Waals surface area contributed by atoms with Gasteiger partial charge in [-0.25, -0.2) is 9.78 Å². The summed E-state index contributed by atoms with van der Waals surface area (Å²) in [4.78, 5) is 15.1. The van der Waals surface area contributed by atoms with Crippen LogP contribution in [0.15, 0.2) is 6.33 Å². The van der Waals surface area contributed by atoms with Crippen molar-refractivity contribution in [3.05, 3.63) is 11.3 Å². The van der Waals surface area contributed by atoms with E-state index in [1.54, 1.807) is 20.8 Å². The SMILES string of the molecule is CC(C)(C)OC(C)(C(=O)O)c1ncns1. The van der Waals surface area contributed by atoms with Crippen LogP contribution in [0.1, 0.15) is 32.7 Å². The molecule has 0 aliphatic carbocycles. The standard InChI is InChI=1S/C9H14N2O3S/c1-8(2,3)14-9(4,7(12)13)6-10-5-11-15-6/h5H,1-4H3,(H,12,13). The molecule has 1 rings (SSSR count). The first-order valence-electron chi connectivity index (χ1n) is 4.46. The van der Waals surface area contributed by atoms with E-state index in [0.29, 0.717) is 5.01 Å². The molecule has 1 heterocycles. The number of carboxylic acids is 1. The number of hydrogen-bond acceptors (Lipinski definition) is 5. The van der Waals surface area contributed by atoms with Crippen molar-refractivity contribution in [2.24, 2.45) is 0 Å². The van der Waals surface area contributed by atoms with E-state index in [2.05, 4.69) is 9.36 Å². The van der Waals surface area contributed by atoms with E-state index < -0.39 is 17.2 Å². The molecule has 84 valence electrons. The van der Waals surface area contributed by atoms with E-state index in [0.717, 1.165) is 11.5 Å². The second kappa shape index (κ2) is 3.86. The third-order valence-corrected chi connectivity index (χ3v) is 2.56. The Morgan fingerprint density at radius 3 is 2.40 bits per heavy atom. The van der Waals surface area contributed by atoms with Crippen LogP contribution >= 0.6 is 11.5 Å². The van der Waals surface area contributed by atoms with Gasteiger partial charge in [0, 0.05) is 0 Å².